The second kappa shape index (κ2) is 9.72. The van der Waals surface area contributed by atoms with Crippen molar-refractivity contribution in [1.29, 1.82) is 0 Å². The number of hydrogen-bond donors (Lipinski definition) is 3. The van der Waals surface area contributed by atoms with E-state index >= 15 is 0 Å². The number of rotatable bonds is 7. The molecular formula is C28H34N2O5. The van der Waals surface area contributed by atoms with E-state index in [1.807, 2.05) is 24.3 Å². The zero-order valence-electron chi connectivity index (χ0n) is 20.6. The Kier molecular flexibility index (Phi) is 6.88. The fourth-order valence-corrected chi connectivity index (χ4v) is 5.36. The van der Waals surface area contributed by atoms with Crippen LogP contribution in [0.1, 0.15) is 63.5 Å². The van der Waals surface area contributed by atoms with Crippen molar-refractivity contribution in [2.75, 3.05) is 13.2 Å². The Morgan fingerprint density at radius 2 is 1.54 bits per heavy atom. The molecule has 1 atom stereocenters. The number of hydrogen-bond acceptors (Lipinski definition) is 4. The van der Waals surface area contributed by atoms with Crippen molar-refractivity contribution in [3.8, 4) is 11.1 Å². The van der Waals surface area contributed by atoms with E-state index in [2.05, 4.69) is 34.9 Å². The summed E-state index contributed by atoms with van der Waals surface area (Å²) in [5, 5.41) is 15.1. The van der Waals surface area contributed by atoms with Gasteiger partial charge in [0.1, 0.15) is 12.6 Å². The Balaban J connectivity index is 1.39. The van der Waals surface area contributed by atoms with Crippen molar-refractivity contribution in [2.45, 2.75) is 58.4 Å². The second-order valence-electron chi connectivity index (χ2n) is 10.8. The highest BCUT2D eigenvalue weighted by Crippen LogP contribution is 2.44. The van der Waals surface area contributed by atoms with Crippen molar-refractivity contribution in [3.63, 3.8) is 0 Å². The van der Waals surface area contributed by atoms with Crippen LogP contribution in [-0.4, -0.2) is 42.3 Å². The number of fused-ring (bicyclic) bond motifs is 3. The predicted octanol–water partition coefficient (Wildman–Crippen LogP) is 4.70. The molecule has 1 fully saturated rings. The molecule has 0 aromatic heterocycles. The summed E-state index contributed by atoms with van der Waals surface area (Å²) in [6.07, 6.45) is 2.33. The van der Waals surface area contributed by atoms with Crippen LogP contribution < -0.4 is 10.6 Å². The summed E-state index contributed by atoms with van der Waals surface area (Å²) in [4.78, 5) is 37.6. The molecule has 2 aliphatic carbocycles. The molecule has 2 aromatic carbocycles. The fourth-order valence-electron chi connectivity index (χ4n) is 5.36. The first-order valence-electron chi connectivity index (χ1n) is 12.2. The summed E-state index contributed by atoms with van der Waals surface area (Å²) in [7, 11) is 0. The first-order chi connectivity index (χ1) is 16.6. The quantitative estimate of drug-likeness (QED) is 0.535. The topological polar surface area (TPSA) is 105 Å². The van der Waals surface area contributed by atoms with Crippen LogP contribution in [0, 0.1) is 10.8 Å². The van der Waals surface area contributed by atoms with Crippen LogP contribution in [0.15, 0.2) is 48.5 Å². The number of carboxylic acids is 1. The third-order valence-electron chi connectivity index (χ3n) is 7.35. The van der Waals surface area contributed by atoms with Gasteiger partial charge in [0, 0.05) is 12.5 Å². The van der Waals surface area contributed by atoms with Crippen LogP contribution in [0.25, 0.3) is 11.1 Å². The monoisotopic (exact) mass is 478 g/mol. The van der Waals surface area contributed by atoms with E-state index in [-0.39, 0.29) is 25.0 Å². The summed E-state index contributed by atoms with van der Waals surface area (Å²) in [5.41, 5.74) is 3.12. The van der Waals surface area contributed by atoms with E-state index in [1.165, 1.54) is 0 Å². The van der Waals surface area contributed by atoms with Crippen LogP contribution in [0.2, 0.25) is 0 Å². The molecule has 2 aliphatic rings. The average molecular weight is 479 g/mol. The SMILES string of the molecule is CC(C)(C)[C@H](NC(=O)C1(CNC(=O)OCC2c3ccccc3-c3ccccc32)CCCC1)C(=O)O. The van der Waals surface area contributed by atoms with E-state index < -0.39 is 28.9 Å². The van der Waals surface area contributed by atoms with Crippen LogP contribution in [0.4, 0.5) is 4.79 Å². The number of carbonyl (C=O) groups excluding carboxylic acids is 2. The van der Waals surface area contributed by atoms with Crippen LogP contribution in [0.3, 0.4) is 0 Å². The van der Waals surface area contributed by atoms with Crippen LogP contribution >= 0.6 is 0 Å². The van der Waals surface area contributed by atoms with Gasteiger partial charge in [-0.15, -0.1) is 0 Å². The minimum absolute atomic E-state index is 0.0417. The maximum absolute atomic E-state index is 13.2. The highest BCUT2D eigenvalue weighted by Gasteiger charge is 2.44. The first kappa shape index (κ1) is 24.8. The normalized spacial score (nSPS) is 17.2. The molecule has 0 radical (unpaired) electrons. The van der Waals surface area contributed by atoms with Crippen LogP contribution in [0.5, 0.6) is 0 Å². The lowest BCUT2D eigenvalue weighted by atomic mass is 9.82. The lowest BCUT2D eigenvalue weighted by molar-refractivity contribution is -0.147. The molecule has 2 aromatic rings. The fraction of sp³-hybridized carbons (Fsp3) is 0.464. The number of amides is 2. The Labute approximate surface area is 206 Å². The number of ether oxygens (including phenoxy) is 1. The molecule has 0 spiro atoms. The minimum atomic E-state index is -1.07. The Bertz CT molecular complexity index is 1070. The van der Waals surface area contributed by atoms with Gasteiger partial charge in [-0.25, -0.2) is 9.59 Å². The molecule has 4 rings (SSSR count). The standard InChI is InChI=1S/C28H34N2O5/c1-27(2,3)23(24(31)32)30-25(33)28(14-8-9-15-28)17-29-26(34)35-16-22-20-12-6-4-10-18(20)19-11-5-7-13-21(19)22/h4-7,10-13,22-23H,8-9,14-17H2,1-3H3,(H,29,34)(H,30,33)(H,31,32)/t23-/m1/s1. The van der Waals surface area contributed by atoms with Gasteiger partial charge in [-0.2, -0.15) is 0 Å². The third kappa shape index (κ3) is 5.04. The van der Waals surface area contributed by atoms with E-state index in [0.29, 0.717) is 12.8 Å². The van der Waals surface area contributed by atoms with Gasteiger partial charge in [0.15, 0.2) is 0 Å². The van der Waals surface area contributed by atoms with Gasteiger partial charge in [-0.05, 0) is 40.5 Å². The molecular weight excluding hydrogens is 444 g/mol. The highest BCUT2D eigenvalue weighted by atomic mass is 16.5. The van der Waals surface area contributed by atoms with E-state index in [9.17, 15) is 19.5 Å². The van der Waals surface area contributed by atoms with E-state index in [0.717, 1.165) is 35.1 Å². The van der Waals surface area contributed by atoms with Gasteiger partial charge in [-0.1, -0.05) is 82.1 Å². The van der Waals surface area contributed by atoms with Crippen LogP contribution in [-0.2, 0) is 14.3 Å². The lowest BCUT2D eigenvalue weighted by Gasteiger charge is -2.33. The summed E-state index contributed by atoms with van der Waals surface area (Å²) in [5.74, 6) is -1.43. The van der Waals surface area contributed by atoms with Gasteiger partial charge in [-0.3, -0.25) is 4.79 Å². The molecule has 0 heterocycles. The lowest BCUT2D eigenvalue weighted by Crippen LogP contribution is -2.55. The number of alkyl carbamates (subject to hydrolysis) is 1. The van der Waals surface area contributed by atoms with Gasteiger partial charge >= 0.3 is 12.1 Å². The maximum Gasteiger partial charge on any atom is 0.407 e. The highest BCUT2D eigenvalue weighted by molar-refractivity contribution is 5.88. The zero-order valence-corrected chi connectivity index (χ0v) is 20.6. The summed E-state index contributed by atoms with van der Waals surface area (Å²) >= 11 is 0. The van der Waals surface area contributed by atoms with Gasteiger partial charge in [0.25, 0.3) is 0 Å². The molecule has 1 saturated carbocycles. The van der Waals surface area contributed by atoms with Crippen molar-refractivity contribution >= 4 is 18.0 Å². The number of benzene rings is 2. The molecule has 0 aliphatic heterocycles. The number of carboxylic acid groups (broad SMARTS) is 1. The Hall–Kier alpha value is -3.35. The largest absolute Gasteiger partial charge is 0.480 e. The summed E-state index contributed by atoms with van der Waals surface area (Å²) in [6, 6.07) is 15.3. The summed E-state index contributed by atoms with van der Waals surface area (Å²) < 4.78 is 5.62. The number of nitrogens with one attached hydrogen (secondary N) is 2. The van der Waals surface area contributed by atoms with Crippen molar-refractivity contribution in [3.05, 3.63) is 59.7 Å². The number of aliphatic carboxylic acids is 1. The molecule has 7 nitrogen and oxygen atoms in total. The Morgan fingerprint density at radius 1 is 1.00 bits per heavy atom. The summed E-state index contributed by atoms with van der Waals surface area (Å²) in [6.45, 7) is 5.66. The second-order valence-corrected chi connectivity index (χ2v) is 10.8. The third-order valence-corrected chi connectivity index (χ3v) is 7.35. The van der Waals surface area contributed by atoms with Gasteiger partial charge < -0.3 is 20.5 Å². The molecule has 0 bridgehead atoms. The molecule has 186 valence electrons. The minimum Gasteiger partial charge on any atom is -0.480 e. The van der Waals surface area contributed by atoms with Gasteiger partial charge in [0.05, 0.1) is 5.41 Å². The Morgan fingerprint density at radius 3 is 2.06 bits per heavy atom. The number of carbonyl (C=O) groups is 3. The first-order valence-corrected chi connectivity index (χ1v) is 12.2. The van der Waals surface area contributed by atoms with Crippen molar-refractivity contribution in [2.24, 2.45) is 10.8 Å². The van der Waals surface area contributed by atoms with E-state index in [4.69, 9.17) is 4.74 Å². The van der Waals surface area contributed by atoms with Crippen molar-refractivity contribution < 1.29 is 24.2 Å². The average Bonchev–Trinajstić information content (AvgIpc) is 3.43. The zero-order chi connectivity index (χ0) is 25.2. The van der Waals surface area contributed by atoms with Crippen molar-refractivity contribution in [1.82, 2.24) is 10.6 Å². The van der Waals surface area contributed by atoms with E-state index in [1.54, 1.807) is 20.8 Å². The molecule has 0 saturated heterocycles. The molecule has 2 amide bonds. The molecule has 0 unspecified atom stereocenters. The molecule has 3 N–H and O–H groups in total. The molecule has 35 heavy (non-hydrogen) atoms. The van der Waals surface area contributed by atoms with Gasteiger partial charge in [0.2, 0.25) is 5.91 Å². The smallest absolute Gasteiger partial charge is 0.407 e. The molecule has 7 heteroatoms. The predicted molar refractivity (Wildman–Crippen MR) is 133 cm³/mol. The maximum atomic E-state index is 13.2.